The van der Waals surface area contributed by atoms with Crippen LogP contribution >= 0.6 is 11.3 Å². The third-order valence-corrected chi connectivity index (χ3v) is 3.53. The van der Waals surface area contributed by atoms with Crippen molar-refractivity contribution in [1.82, 2.24) is 0 Å². The summed E-state index contributed by atoms with van der Waals surface area (Å²) in [4.78, 5) is 1.13. The van der Waals surface area contributed by atoms with Crippen molar-refractivity contribution in [1.29, 1.82) is 5.26 Å². The summed E-state index contributed by atoms with van der Waals surface area (Å²) in [5.41, 5.74) is 2.85. The highest BCUT2D eigenvalue weighted by Gasteiger charge is 2.04. The summed E-state index contributed by atoms with van der Waals surface area (Å²) in [6.45, 7) is 2.73. The smallest absolute Gasteiger partial charge is 0.142 e. The van der Waals surface area contributed by atoms with Gasteiger partial charge in [0, 0.05) is 16.8 Å². The molecule has 0 aliphatic heterocycles. The summed E-state index contributed by atoms with van der Waals surface area (Å²) in [6, 6.07) is 10.1. The van der Waals surface area contributed by atoms with E-state index >= 15 is 0 Å². The summed E-state index contributed by atoms with van der Waals surface area (Å²) in [5, 5.41) is 14.0. The Morgan fingerprint density at radius 3 is 2.89 bits per heavy atom. The standard InChI is InChI=1S/C14H14N2OS/c1-10-3-4-13(14(5-10)17-2)16-8-12-6-11(7-15)9-18-12/h3-6,9,16H,8H2,1-2H3. The first-order chi connectivity index (χ1) is 8.72. The summed E-state index contributed by atoms with van der Waals surface area (Å²) in [5.74, 6) is 0.840. The summed E-state index contributed by atoms with van der Waals surface area (Å²) >= 11 is 1.58. The number of anilines is 1. The molecule has 1 aromatic heterocycles. The van der Waals surface area contributed by atoms with E-state index in [1.165, 1.54) is 5.56 Å². The van der Waals surface area contributed by atoms with Gasteiger partial charge in [0.25, 0.3) is 0 Å². The zero-order chi connectivity index (χ0) is 13.0. The molecule has 2 rings (SSSR count). The molecule has 2 aromatic rings. The van der Waals surface area contributed by atoms with Crippen molar-refractivity contribution < 1.29 is 4.74 Å². The second-order valence-electron chi connectivity index (χ2n) is 3.97. The summed E-state index contributed by atoms with van der Waals surface area (Å²) in [7, 11) is 1.67. The Hall–Kier alpha value is -1.99. The van der Waals surface area contributed by atoms with Gasteiger partial charge >= 0.3 is 0 Å². The highest BCUT2D eigenvalue weighted by atomic mass is 32.1. The van der Waals surface area contributed by atoms with Gasteiger partial charge in [0.1, 0.15) is 11.8 Å². The Labute approximate surface area is 111 Å². The lowest BCUT2D eigenvalue weighted by Gasteiger charge is -2.11. The Morgan fingerprint density at radius 2 is 2.22 bits per heavy atom. The fourth-order valence-corrected chi connectivity index (χ4v) is 2.41. The number of nitriles is 1. The lowest BCUT2D eigenvalue weighted by molar-refractivity contribution is 0.416. The Kier molecular flexibility index (Phi) is 3.85. The van der Waals surface area contributed by atoms with Crippen LogP contribution in [0.2, 0.25) is 0 Å². The predicted molar refractivity (Wildman–Crippen MR) is 74.1 cm³/mol. The monoisotopic (exact) mass is 258 g/mol. The van der Waals surface area contributed by atoms with Crippen molar-refractivity contribution in [2.45, 2.75) is 13.5 Å². The molecule has 18 heavy (non-hydrogen) atoms. The number of ether oxygens (including phenoxy) is 1. The maximum Gasteiger partial charge on any atom is 0.142 e. The fraction of sp³-hybridized carbons (Fsp3) is 0.214. The molecule has 1 heterocycles. The molecule has 0 aliphatic rings. The predicted octanol–water partition coefficient (Wildman–Crippen LogP) is 3.55. The Bertz CT molecular complexity index is 584. The molecule has 4 heteroatoms. The molecule has 0 radical (unpaired) electrons. The minimum Gasteiger partial charge on any atom is -0.495 e. The maximum atomic E-state index is 8.77. The van der Waals surface area contributed by atoms with E-state index in [-0.39, 0.29) is 0 Å². The summed E-state index contributed by atoms with van der Waals surface area (Å²) in [6.07, 6.45) is 0. The molecule has 0 unspecified atom stereocenters. The van der Waals surface area contributed by atoms with E-state index in [9.17, 15) is 0 Å². The minimum atomic E-state index is 0.700. The van der Waals surface area contributed by atoms with Gasteiger partial charge < -0.3 is 10.1 Å². The number of thiophene rings is 1. The maximum absolute atomic E-state index is 8.77. The van der Waals surface area contributed by atoms with E-state index in [1.807, 2.05) is 36.6 Å². The van der Waals surface area contributed by atoms with Crippen LogP contribution in [0, 0.1) is 18.3 Å². The van der Waals surface area contributed by atoms with Gasteiger partial charge in [0.2, 0.25) is 0 Å². The van der Waals surface area contributed by atoms with Gasteiger partial charge in [-0.15, -0.1) is 11.3 Å². The number of aryl methyl sites for hydroxylation is 1. The molecule has 3 nitrogen and oxygen atoms in total. The molecule has 0 saturated carbocycles. The SMILES string of the molecule is COc1cc(C)ccc1NCc1cc(C#N)cs1. The van der Waals surface area contributed by atoms with E-state index in [0.29, 0.717) is 12.1 Å². The third-order valence-electron chi connectivity index (χ3n) is 2.59. The molecule has 0 saturated heterocycles. The first-order valence-electron chi connectivity index (χ1n) is 5.59. The molecule has 0 atom stereocenters. The number of nitrogens with one attached hydrogen (secondary N) is 1. The van der Waals surface area contributed by atoms with Gasteiger partial charge in [-0.05, 0) is 30.7 Å². The zero-order valence-corrected chi connectivity index (χ0v) is 11.2. The molecule has 0 amide bonds. The summed E-state index contributed by atoms with van der Waals surface area (Å²) < 4.78 is 5.33. The normalized spacial score (nSPS) is 9.83. The number of rotatable bonds is 4. The molecule has 1 aromatic carbocycles. The van der Waals surface area contributed by atoms with E-state index in [0.717, 1.165) is 16.3 Å². The lowest BCUT2D eigenvalue weighted by Crippen LogP contribution is -2.00. The van der Waals surface area contributed by atoms with E-state index in [4.69, 9.17) is 10.00 Å². The van der Waals surface area contributed by atoms with Gasteiger partial charge in [-0.3, -0.25) is 0 Å². The van der Waals surface area contributed by atoms with Crippen molar-refractivity contribution in [3.63, 3.8) is 0 Å². The van der Waals surface area contributed by atoms with Crippen molar-refractivity contribution in [2.24, 2.45) is 0 Å². The van der Waals surface area contributed by atoms with Crippen LogP contribution in [0.1, 0.15) is 16.0 Å². The fourth-order valence-electron chi connectivity index (χ4n) is 1.66. The van der Waals surface area contributed by atoms with Gasteiger partial charge in [0.15, 0.2) is 0 Å². The number of hydrogen-bond donors (Lipinski definition) is 1. The van der Waals surface area contributed by atoms with Crippen molar-refractivity contribution in [2.75, 3.05) is 12.4 Å². The first kappa shape index (κ1) is 12.5. The number of benzene rings is 1. The quantitative estimate of drug-likeness (QED) is 0.912. The van der Waals surface area contributed by atoms with Crippen LogP contribution < -0.4 is 10.1 Å². The molecule has 0 aliphatic carbocycles. The average molecular weight is 258 g/mol. The Morgan fingerprint density at radius 1 is 1.39 bits per heavy atom. The highest BCUT2D eigenvalue weighted by Crippen LogP contribution is 2.26. The van der Waals surface area contributed by atoms with E-state index in [1.54, 1.807) is 18.4 Å². The minimum absolute atomic E-state index is 0.700. The van der Waals surface area contributed by atoms with Crippen LogP contribution in [-0.2, 0) is 6.54 Å². The second kappa shape index (κ2) is 5.56. The molecule has 0 spiro atoms. The van der Waals surface area contributed by atoms with E-state index < -0.39 is 0 Å². The topological polar surface area (TPSA) is 45.0 Å². The molecule has 0 fully saturated rings. The highest BCUT2D eigenvalue weighted by molar-refractivity contribution is 7.10. The van der Waals surface area contributed by atoms with Gasteiger partial charge in [0.05, 0.1) is 18.4 Å². The molecule has 1 N–H and O–H groups in total. The molecule has 92 valence electrons. The van der Waals surface area contributed by atoms with Crippen LogP contribution in [0.4, 0.5) is 5.69 Å². The molecule has 0 bridgehead atoms. The van der Waals surface area contributed by atoms with Crippen molar-refractivity contribution in [3.05, 3.63) is 45.6 Å². The van der Waals surface area contributed by atoms with Crippen LogP contribution in [0.3, 0.4) is 0 Å². The molecular weight excluding hydrogens is 244 g/mol. The lowest BCUT2D eigenvalue weighted by atomic mass is 10.2. The third kappa shape index (κ3) is 2.82. The molecular formula is C14H14N2OS. The zero-order valence-electron chi connectivity index (χ0n) is 10.4. The van der Waals surface area contributed by atoms with Gasteiger partial charge in [-0.1, -0.05) is 6.07 Å². The Balaban J connectivity index is 2.08. The van der Waals surface area contributed by atoms with Crippen LogP contribution in [-0.4, -0.2) is 7.11 Å². The van der Waals surface area contributed by atoms with Crippen molar-refractivity contribution >= 4 is 17.0 Å². The van der Waals surface area contributed by atoms with Crippen molar-refractivity contribution in [3.8, 4) is 11.8 Å². The average Bonchev–Trinajstić information content (AvgIpc) is 2.85. The van der Waals surface area contributed by atoms with Gasteiger partial charge in [-0.25, -0.2) is 0 Å². The second-order valence-corrected chi connectivity index (χ2v) is 4.97. The van der Waals surface area contributed by atoms with Gasteiger partial charge in [-0.2, -0.15) is 5.26 Å². The first-order valence-corrected chi connectivity index (χ1v) is 6.47. The largest absolute Gasteiger partial charge is 0.495 e. The number of nitrogens with zero attached hydrogens (tertiary/aromatic N) is 1. The van der Waals surface area contributed by atoms with E-state index in [2.05, 4.69) is 11.4 Å². The van der Waals surface area contributed by atoms with Crippen LogP contribution in [0.15, 0.2) is 29.6 Å². The number of methoxy groups -OCH3 is 1. The number of hydrogen-bond acceptors (Lipinski definition) is 4. The van der Waals surface area contributed by atoms with Crippen LogP contribution in [0.5, 0.6) is 5.75 Å². The van der Waals surface area contributed by atoms with Crippen LogP contribution in [0.25, 0.3) is 0 Å².